The van der Waals surface area contributed by atoms with Gasteiger partial charge in [0.2, 0.25) is 0 Å². The van der Waals surface area contributed by atoms with Gasteiger partial charge in [-0.05, 0) is 26.3 Å². The molecule has 4 unspecified atom stereocenters. The van der Waals surface area contributed by atoms with Crippen LogP contribution in [-0.4, -0.2) is 52.3 Å². The molecule has 0 bridgehead atoms. The highest BCUT2D eigenvalue weighted by atomic mass is 32.2. The van der Waals surface area contributed by atoms with Gasteiger partial charge in [0.15, 0.2) is 0 Å². The Morgan fingerprint density at radius 1 is 1.56 bits per heavy atom. The Morgan fingerprint density at radius 2 is 2.25 bits per heavy atom. The molecule has 1 fully saturated rings. The number of nitrogens with zero attached hydrogens (tertiary/aromatic N) is 1. The van der Waals surface area contributed by atoms with Crippen molar-refractivity contribution in [2.24, 2.45) is 0 Å². The van der Waals surface area contributed by atoms with Crippen LogP contribution in [0.1, 0.15) is 33.6 Å². The minimum absolute atomic E-state index is 0.322. The molecule has 0 aromatic rings. The van der Waals surface area contributed by atoms with E-state index in [1.165, 1.54) is 6.42 Å². The van der Waals surface area contributed by atoms with Gasteiger partial charge in [0, 0.05) is 47.5 Å². The minimum Gasteiger partial charge on any atom is -0.311 e. The van der Waals surface area contributed by atoms with Crippen LogP contribution in [-0.2, 0) is 10.8 Å². The molecule has 1 saturated heterocycles. The third kappa shape index (κ3) is 4.15. The van der Waals surface area contributed by atoms with Gasteiger partial charge in [-0.15, -0.1) is 0 Å². The third-order valence-corrected chi connectivity index (χ3v) is 4.96. The summed E-state index contributed by atoms with van der Waals surface area (Å²) in [4.78, 5) is 2.56. The van der Waals surface area contributed by atoms with Crippen LogP contribution in [0.5, 0.6) is 0 Å². The molecule has 4 heteroatoms. The van der Waals surface area contributed by atoms with Crippen LogP contribution in [0.3, 0.4) is 0 Å². The van der Waals surface area contributed by atoms with E-state index in [9.17, 15) is 4.21 Å². The van der Waals surface area contributed by atoms with Crippen molar-refractivity contribution in [1.29, 1.82) is 0 Å². The molecule has 0 radical (unpaired) electrons. The Morgan fingerprint density at radius 3 is 2.81 bits per heavy atom. The van der Waals surface area contributed by atoms with Crippen molar-refractivity contribution in [1.82, 2.24) is 10.2 Å². The van der Waals surface area contributed by atoms with E-state index in [1.807, 2.05) is 6.26 Å². The van der Waals surface area contributed by atoms with E-state index < -0.39 is 10.8 Å². The normalized spacial score (nSPS) is 31.2. The lowest BCUT2D eigenvalue weighted by Gasteiger charge is -2.39. The molecule has 0 saturated carbocycles. The van der Waals surface area contributed by atoms with Gasteiger partial charge in [0.25, 0.3) is 0 Å². The Kier molecular flexibility index (Phi) is 5.94. The molecule has 1 rings (SSSR count). The van der Waals surface area contributed by atoms with Crippen molar-refractivity contribution in [2.45, 2.75) is 50.9 Å². The van der Waals surface area contributed by atoms with Crippen molar-refractivity contribution >= 4 is 10.8 Å². The van der Waals surface area contributed by atoms with Gasteiger partial charge in [0.1, 0.15) is 0 Å². The lowest BCUT2D eigenvalue weighted by atomic mass is 10.1. The standard InChI is InChI=1S/C12H26N2OS/c1-5-12-8-13-10(2)9-14(12)7-6-11(3)16(4)15/h10-13H,5-9H2,1-4H3. The molecule has 16 heavy (non-hydrogen) atoms. The highest BCUT2D eigenvalue weighted by Crippen LogP contribution is 2.12. The van der Waals surface area contributed by atoms with Crippen molar-refractivity contribution < 1.29 is 4.21 Å². The van der Waals surface area contributed by atoms with Gasteiger partial charge in [-0.1, -0.05) is 13.8 Å². The second kappa shape index (κ2) is 6.72. The molecule has 1 N–H and O–H groups in total. The van der Waals surface area contributed by atoms with Crippen LogP contribution in [0, 0.1) is 0 Å². The quantitative estimate of drug-likeness (QED) is 0.791. The fourth-order valence-electron chi connectivity index (χ4n) is 2.22. The van der Waals surface area contributed by atoms with E-state index in [1.54, 1.807) is 0 Å². The van der Waals surface area contributed by atoms with Gasteiger partial charge in [0.05, 0.1) is 0 Å². The lowest BCUT2D eigenvalue weighted by molar-refractivity contribution is 0.130. The molecule has 1 aliphatic rings. The van der Waals surface area contributed by atoms with E-state index in [2.05, 4.69) is 31.0 Å². The molecule has 1 heterocycles. The average Bonchev–Trinajstić information content (AvgIpc) is 2.25. The van der Waals surface area contributed by atoms with E-state index >= 15 is 0 Å². The van der Waals surface area contributed by atoms with Crippen LogP contribution in [0.15, 0.2) is 0 Å². The summed E-state index contributed by atoms with van der Waals surface area (Å²) in [7, 11) is -0.679. The number of rotatable bonds is 5. The van der Waals surface area contributed by atoms with Crippen LogP contribution >= 0.6 is 0 Å². The summed E-state index contributed by atoms with van der Waals surface area (Å²) in [6, 6.07) is 1.25. The highest BCUT2D eigenvalue weighted by molar-refractivity contribution is 7.84. The van der Waals surface area contributed by atoms with Gasteiger partial charge in [-0.3, -0.25) is 9.11 Å². The largest absolute Gasteiger partial charge is 0.311 e. The molecular weight excluding hydrogens is 220 g/mol. The zero-order valence-electron chi connectivity index (χ0n) is 11.0. The number of piperazine rings is 1. The van der Waals surface area contributed by atoms with E-state index in [4.69, 9.17) is 0 Å². The minimum atomic E-state index is -0.679. The second-order valence-electron chi connectivity index (χ2n) is 4.96. The molecule has 0 aliphatic carbocycles. The van der Waals surface area contributed by atoms with Gasteiger partial charge < -0.3 is 5.32 Å². The van der Waals surface area contributed by atoms with Crippen molar-refractivity contribution in [2.75, 3.05) is 25.9 Å². The molecule has 3 nitrogen and oxygen atoms in total. The van der Waals surface area contributed by atoms with E-state index in [0.29, 0.717) is 17.3 Å². The molecule has 4 atom stereocenters. The van der Waals surface area contributed by atoms with Gasteiger partial charge in [-0.2, -0.15) is 0 Å². The highest BCUT2D eigenvalue weighted by Gasteiger charge is 2.24. The SMILES string of the molecule is CCC1CNC(C)CN1CCC(C)S(C)=O. The number of hydrogen-bond donors (Lipinski definition) is 1. The molecule has 1 aliphatic heterocycles. The third-order valence-electron chi connectivity index (χ3n) is 3.59. The second-order valence-corrected chi connectivity index (χ2v) is 6.77. The molecule has 0 aromatic carbocycles. The van der Waals surface area contributed by atoms with Crippen LogP contribution in [0.2, 0.25) is 0 Å². The molecular formula is C12H26N2OS. The van der Waals surface area contributed by atoms with E-state index in [-0.39, 0.29) is 0 Å². The average molecular weight is 246 g/mol. The maximum Gasteiger partial charge on any atom is 0.0329 e. The van der Waals surface area contributed by atoms with Crippen LogP contribution < -0.4 is 5.32 Å². The summed E-state index contributed by atoms with van der Waals surface area (Å²) < 4.78 is 11.3. The number of hydrogen-bond acceptors (Lipinski definition) is 3. The van der Waals surface area contributed by atoms with Crippen LogP contribution in [0.25, 0.3) is 0 Å². The first kappa shape index (κ1) is 14.1. The lowest BCUT2D eigenvalue weighted by Crippen LogP contribution is -2.55. The summed E-state index contributed by atoms with van der Waals surface area (Å²) in [6.45, 7) is 9.88. The Bertz CT molecular complexity index is 235. The summed E-state index contributed by atoms with van der Waals surface area (Å²) in [5, 5.41) is 3.84. The predicted molar refractivity (Wildman–Crippen MR) is 71.3 cm³/mol. The van der Waals surface area contributed by atoms with Gasteiger partial charge in [-0.25, -0.2) is 0 Å². The van der Waals surface area contributed by atoms with Crippen LogP contribution in [0.4, 0.5) is 0 Å². The maximum atomic E-state index is 11.3. The first-order valence-electron chi connectivity index (χ1n) is 6.34. The fourth-order valence-corrected chi connectivity index (χ4v) is 2.66. The molecule has 96 valence electrons. The monoisotopic (exact) mass is 246 g/mol. The Labute approximate surface area is 102 Å². The summed E-state index contributed by atoms with van der Waals surface area (Å²) in [5.74, 6) is 0. The van der Waals surface area contributed by atoms with Crippen molar-refractivity contribution in [3.05, 3.63) is 0 Å². The van der Waals surface area contributed by atoms with Crippen molar-refractivity contribution in [3.8, 4) is 0 Å². The summed E-state index contributed by atoms with van der Waals surface area (Å²) in [6.07, 6.45) is 4.05. The predicted octanol–water partition coefficient (Wildman–Crippen LogP) is 1.22. The molecule has 0 spiro atoms. The Hall–Kier alpha value is 0.0700. The van der Waals surface area contributed by atoms with E-state index in [0.717, 1.165) is 26.1 Å². The Balaban J connectivity index is 2.40. The first-order valence-corrected chi connectivity index (χ1v) is 7.96. The zero-order valence-corrected chi connectivity index (χ0v) is 11.8. The molecule has 0 amide bonds. The zero-order chi connectivity index (χ0) is 12.1. The fraction of sp³-hybridized carbons (Fsp3) is 1.00. The van der Waals surface area contributed by atoms with Crippen molar-refractivity contribution in [3.63, 3.8) is 0 Å². The van der Waals surface area contributed by atoms with Gasteiger partial charge >= 0.3 is 0 Å². The summed E-state index contributed by atoms with van der Waals surface area (Å²) in [5.41, 5.74) is 0. The maximum absolute atomic E-state index is 11.3. The summed E-state index contributed by atoms with van der Waals surface area (Å²) >= 11 is 0. The number of nitrogens with one attached hydrogen (secondary N) is 1. The smallest absolute Gasteiger partial charge is 0.0329 e. The first-order chi connectivity index (χ1) is 7.54. The topological polar surface area (TPSA) is 32.3 Å². The molecule has 0 aromatic heterocycles.